The van der Waals surface area contributed by atoms with E-state index in [1.165, 1.54) is 21.4 Å². The van der Waals surface area contributed by atoms with Crippen molar-refractivity contribution in [1.82, 2.24) is 0 Å². The molecule has 0 saturated carbocycles. The van der Waals surface area contributed by atoms with Crippen LogP contribution in [0, 0.1) is 0 Å². The first kappa shape index (κ1) is 14.1. The molecule has 0 N–H and O–H groups in total. The van der Waals surface area contributed by atoms with E-state index >= 15 is 0 Å². The number of rotatable bonds is 4. The maximum atomic E-state index is 2.26. The van der Waals surface area contributed by atoms with Crippen LogP contribution in [0.15, 0.2) is 84.9 Å². The first-order valence-electron chi connectivity index (χ1n) is 7.18. The first-order chi connectivity index (χ1) is 10.4. The van der Waals surface area contributed by atoms with Crippen LogP contribution in [-0.2, 0) is 0 Å². The standard InChI is InChI=1S/C19H17BP/c1-20-16-12-14-19(15-13-16)21(17-8-4-2-5-9-17)18-10-6-3-7-11-18/h2-15H,1H3. The van der Waals surface area contributed by atoms with E-state index in [2.05, 4.69) is 99.0 Å². The van der Waals surface area contributed by atoms with Crippen molar-refractivity contribution in [3.05, 3.63) is 84.9 Å². The van der Waals surface area contributed by atoms with Gasteiger partial charge in [-0.1, -0.05) is 97.2 Å². The van der Waals surface area contributed by atoms with Crippen LogP contribution in [0.5, 0.6) is 0 Å². The molecule has 3 rings (SSSR count). The summed E-state index contributed by atoms with van der Waals surface area (Å²) in [5.41, 5.74) is 1.27. The van der Waals surface area contributed by atoms with E-state index in [1.807, 2.05) is 0 Å². The van der Waals surface area contributed by atoms with Gasteiger partial charge in [-0.15, -0.1) is 0 Å². The Morgan fingerprint density at radius 1 is 0.571 bits per heavy atom. The van der Waals surface area contributed by atoms with Crippen molar-refractivity contribution in [1.29, 1.82) is 0 Å². The third-order valence-corrected chi connectivity index (χ3v) is 5.96. The molecule has 0 aromatic heterocycles. The van der Waals surface area contributed by atoms with Crippen molar-refractivity contribution in [2.45, 2.75) is 6.82 Å². The van der Waals surface area contributed by atoms with Gasteiger partial charge in [0.25, 0.3) is 0 Å². The molecule has 2 heteroatoms. The molecule has 101 valence electrons. The monoisotopic (exact) mass is 287 g/mol. The highest BCUT2D eigenvalue weighted by Gasteiger charge is 2.15. The smallest absolute Gasteiger partial charge is 0.0881 e. The van der Waals surface area contributed by atoms with Gasteiger partial charge < -0.3 is 0 Å². The zero-order valence-electron chi connectivity index (χ0n) is 12.1. The molecule has 0 aliphatic heterocycles. The van der Waals surface area contributed by atoms with Crippen molar-refractivity contribution in [2.75, 3.05) is 0 Å². The molecule has 0 saturated heterocycles. The van der Waals surface area contributed by atoms with Crippen LogP contribution in [0.4, 0.5) is 0 Å². The van der Waals surface area contributed by atoms with E-state index < -0.39 is 7.92 Å². The van der Waals surface area contributed by atoms with Gasteiger partial charge in [0.05, 0.1) is 0 Å². The highest BCUT2D eigenvalue weighted by Crippen LogP contribution is 2.31. The molecule has 0 aliphatic carbocycles. The third-order valence-electron chi connectivity index (χ3n) is 3.51. The zero-order chi connectivity index (χ0) is 14.5. The Morgan fingerprint density at radius 3 is 1.43 bits per heavy atom. The Kier molecular flexibility index (Phi) is 4.53. The molecule has 1 radical (unpaired) electrons. The second kappa shape index (κ2) is 6.74. The average molecular weight is 287 g/mol. The maximum absolute atomic E-state index is 2.26. The summed E-state index contributed by atoms with van der Waals surface area (Å²) in [6, 6.07) is 30.5. The molecule has 0 fully saturated rings. The molecule has 3 aromatic rings. The minimum atomic E-state index is -0.477. The summed E-state index contributed by atoms with van der Waals surface area (Å²) < 4.78 is 0. The lowest BCUT2D eigenvalue weighted by molar-refractivity contribution is 1.75. The van der Waals surface area contributed by atoms with Crippen LogP contribution in [-0.4, -0.2) is 7.28 Å². The normalized spacial score (nSPS) is 10.6. The SMILES string of the molecule is C[B]c1ccc(P(c2ccccc2)c2ccccc2)cc1. The minimum absolute atomic E-state index is 0.477. The first-order valence-corrected chi connectivity index (χ1v) is 8.52. The average Bonchev–Trinajstić information content (AvgIpc) is 2.58. The fourth-order valence-electron chi connectivity index (χ4n) is 2.42. The van der Waals surface area contributed by atoms with Crippen molar-refractivity contribution in [3.8, 4) is 0 Å². The van der Waals surface area contributed by atoms with Gasteiger partial charge in [0, 0.05) is 0 Å². The molecule has 0 amide bonds. The van der Waals surface area contributed by atoms with Crippen LogP contribution in [0.3, 0.4) is 0 Å². The minimum Gasteiger partial charge on any atom is -0.0881 e. The molecule has 0 aliphatic rings. The van der Waals surface area contributed by atoms with Gasteiger partial charge in [0.2, 0.25) is 0 Å². The highest BCUT2D eigenvalue weighted by atomic mass is 31.1. The van der Waals surface area contributed by atoms with E-state index in [1.54, 1.807) is 0 Å². The lowest BCUT2D eigenvalue weighted by atomic mass is 9.74. The molecular weight excluding hydrogens is 270 g/mol. The fourth-order valence-corrected chi connectivity index (χ4v) is 4.70. The van der Waals surface area contributed by atoms with E-state index in [4.69, 9.17) is 0 Å². The van der Waals surface area contributed by atoms with Crippen LogP contribution >= 0.6 is 7.92 Å². The van der Waals surface area contributed by atoms with Gasteiger partial charge in [-0.25, -0.2) is 0 Å². The van der Waals surface area contributed by atoms with E-state index in [0.717, 1.165) is 0 Å². The molecule has 3 aromatic carbocycles. The lowest BCUT2D eigenvalue weighted by Gasteiger charge is -2.19. The van der Waals surface area contributed by atoms with Crippen LogP contribution < -0.4 is 21.4 Å². The molecule has 0 nitrogen and oxygen atoms in total. The summed E-state index contributed by atoms with van der Waals surface area (Å²) in [7, 11) is 1.66. The zero-order valence-corrected chi connectivity index (χ0v) is 13.0. The highest BCUT2D eigenvalue weighted by molar-refractivity contribution is 7.79. The Hall–Kier alpha value is -1.85. The van der Waals surface area contributed by atoms with Crippen LogP contribution in [0.2, 0.25) is 6.82 Å². The Bertz CT molecular complexity index is 638. The van der Waals surface area contributed by atoms with E-state index in [9.17, 15) is 0 Å². The molecule has 0 spiro atoms. The van der Waals surface area contributed by atoms with Crippen LogP contribution in [0.25, 0.3) is 0 Å². The predicted octanol–water partition coefficient (Wildman–Crippen LogP) is 2.82. The third kappa shape index (κ3) is 3.25. The summed E-state index contributed by atoms with van der Waals surface area (Å²) in [6.45, 7) is 2.08. The molecule has 0 unspecified atom stereocenters. The van der Waals surface area contributed by atoms with Crippen LogP contribution in [0.1, 0.15) is 0 Å². The van der Waals surface area contributed by atoms with Gasteiger partial charge in [-0.05, 0) is 23.8 Å². The Labute approximate surface area is 128 Å². The predicted molar refractivity (Wildman–Crippen MR) is 96.4 cm³/mol. The van der Waals surface area contributed by atoms with Gasteiger partial charge in [-0.2, -0.15) is 0 Å². The maximum Gasteiger partial charge on any atom is 0.148 e. The van der Waals surface area contributed by atoms with E-state index in [0.29, 0.717) is 0 Å². The van der Waals surface area contributed by atoms with Gasteiger partial charge in [0.1, 0.15) is 7.28 Å². The molecular formula is C19H17BP. The van der Waals surface area contributed by atoms with Crippen molar-refractivity contribution >= 4 is 36.6 Å². The summed E-state index contributed by atoms with van der Waals surface area (Å²) in [4.78, 5) is 0. The summed E-state index contributed by atoms with van der Waals surface area (Å²) in [5, 5.41) is 4.19. The number of benzene rings is 3. The second-order valence-corrected chi connectivity index (χ2v) is 7.11. The van der Waals surface area contributed by atoms with Gasteiger partial charge in [-0.3, -0.25) is 0 Å². The number of hydrogen-bond donors (Lipinski definition) is 0. The molecule has 21 heavy (non-hydrogen) atoms. The number of hydrogen-bond acceptors (Lipinski definition) is 0. The largest absolute Gasteiger partial charge is 0.148 e. The molecule has 0 heterocycles. The van der Waals surface area contributed by atoms with E-state index in [-0.39, 0.29) is 0 Å². The second-order valence-electron chi connectivity index (χ2n) is 4.89. The van der Waals surface area contributed by atoms with Gasteiger partial charge in [0.15, 0.2) is 0 Å². The topological polar surface area (TPSA) is 0 Å². The Morgan fingerprint density at radius 2 is 1.00 bits per heavy atom. The summed E-state index contributed by atoms with van der Waals surface area (Å²) in [6.07, 6.45) is 0. The lowest BCUT2D eigenvalue weighted by Crippen LogP contribution is -2.22. The summed E-state index contributed by atoms with van der Waals surface area (Å²) >= 11 is 0. The van der Waals surface area contributed by atoms with Gasteiger partial charge >= 0.3 is 0 Å². The summed E-state index contributed by atoms with van der Waals surface area (Å²) in [5.74, 6) is 0. The molecule has 0 atom stereocenters. The quantitative estimate of drug-likeness (QED) is 0.511. The van der Waals surface area contributed by atoms with Crippen molar-refractivity contribution < 1.29 is 0 Å². The fraction of sp³-hybridized carbons (Fsp3) is 0.0526. The molecule has 0 bridgehead atoms. The van der Waals surface area contributed by atoms with Crippen molar-refractivity contribution in [2.24, 2.45) is 0 Å². The Balaban J connectivity index is 2.07. The van der Waals surface area contributed by atoms with Crippen molar-refractivity contribution in [3.63, 3.8) is 0 Å².